The smallest absolute Gasteiger partial charge is 0.293 e. The van der Waals surface area contributed by atoms with Gasteiger partial charge in [0.15, 0.2) is 5.78 Å². The van der Waals surface area contributed by atoms with Crippen LogP contribution in [0.2, 0.25) is 0 Å². The third-order valence-corrected chi connectivity index (χ3v) is 3.45. The molecule has 0 bridgehead atoms. The van der Waals surface area contributed by atoms with Crippen molar-refractivity contribution in [1.82, 2.24) is 0 Å². The van der Waals surface area contributed by atoms with Crippen LogP contribution >= 0.6 is 0 Å². The SMILES string of the molecule is C#CC[C@@H](Nc1ccc(C(C)=O)cc1[N+](=O)[O-])c1ccccc1. The predicted molar refractivity (Wildman–Crippen MR) is 89.4 cm³/mol. The molecule has 23 heavy (non-hydrogen) atoms. The van der Waals surface area contributed by atoms with E-state index in [1.165, 1.54) is 13.0 Å². The normalized spacial score (nSPS) is 11.3. The monoisotopic (exact) mass is 308 g/mol. The summed E-state index contributed by atoms with van der Waals surface area (Å²) < 4.78 is 0. The number of nitro groups is 1. The van der Waals surface area contributed by atoms with Crippen molar-refractivity contribution in [1.29, 1.82) is 0 Å². The van der Waals surface area contributed by atoms with Crippen LogP contribution in [0.4, 0.5) is 11.4 Å². The van der Waals surface area contributed by atoms with Gasteiger partial charge in [-0.3, -0.25) is 14.9 Å². The second-order valence-corrected chi connectivity index (χ2v) is 5.06. The molecule has 0 aliphatic heterocycles. The number of rotatable bonds is 6. The maximum atomic E-state index is 11.4. The Morgan fingerprint density at radius 3 is 2.57 bits per heavy atom. The minimum Gasteiger partial charge on any atom is -0.372 e. The first-order chi connectivity index (χ1) is 11.0. The second kappa shape index (κ2) is 7.23. The second-order valence-electron chi connectivity index (χ2n) is 5.06. The van der Waals surface area contributed by atoms with E-state index in [1.807, 2.05) is 30.3 Å². The average Bonchev–Trinajstić information content (AvgIpc) is 2.55. The Bertz CT molecular complexity index is 764. The quantitative estimate of drug-likeness (QED) is 0.379. The molecule has 0 heterocycles. The Labute approximate surface area is 134 Å². The van der Waals surface area contributed by atoms with Crippen molar-refractivity contribution in [2.45, 2.75) is 19.4 Å². The first-order valence-corrected chi connectivity index (χ1v) is 7.07. The van der Waals surface area contributed by atoms with E-state index in [0.29, 0.717) is 17.7 Å². The highest BCUT2D eigenvalue weighted by molar-refractivity contribution is 5.95. The number of nitrogens with zero attached hydrogens (tertiary/aromatic N) is 1. The van der Waals surface area contributed by atoms with Gasteiger partial charge < -0.3 is 5.32 Å². The van der Waals surface area contributed by atoms with Crippen LogP contribution in [0.3, 0.4) is 0 Å². The zero-order valence-electron chi connectivity index (χ0n) is 12.7. The lowest BCUT2D eigenvalue weighted by molar-refractivity contribution is -0.384. The van der Waals surface area contributed by atoms with Crippen LogP contribution in [0, 0.1) is 22.5 Å². The van der Waals surface area contributed by atoms with E-state index < -0.39 is 4.92 Å². The molecule has 0 spiro atoms. The van der Waals surface area contributed by atoms with Gasteiger partial charge in [0.25, 0.3) is 5.69 Å². The maximum Gasteiger partial charge on any atom is 0.293 e. The molecular formula is C18H16N2O3. The number of ketones is 1. The van der Waals surface area contributed by atoms with E-state index in [0.717, 1.165) is 5.56 Å². The van der Waals surface area contributed by atoms with Gasteiger partial charge in [-0.1, -0.05) is 30.3 Å². The summed E-state index contributed by atoms with van der Waals surface area (Å²) in [6.45, 7) is 1.37. The molecule has 2 aromatic carbocycles. The summed E-state index contributed by atoms with van der Waals surface area (Å²) in [4.78, 5) is 22.2. The molecule has 0 fully saturated rings. The number of anilines is 1. The number of terminal acetylenes is 1. The molecule has 1 atom stereocenters. The number of Topliss-reactive ketones (excluding diaryl/α,β-unsaturated/α-hetero) is 1. The molecule has 0 aliphatic rings. The lowest BCUT2D eigenvalue weighted by Gasteiger charge is -2.18. The molecule has 5 nitrogen and oxygen atoms in total. The summed E-state index contributed by atoms with van der Waals surface area (Å²) in [6, 6.07) is 13.6. The molecule has 2 aromatic rings. The molecule has 0 amide bonds. The minimum absolute atomic E-state index is 0.143. The van der Waals surface area contributed by atoms with Gasteiger partial charge in [-0.25, -0.2) is 0 Å². The molecule has 0 saturated carbocycles. The number of hydrogen-bond acceptors (Lipinski definition) is 4. The van der Waals surface area contributed by atoms with E-state index in [2.05, 4.69) is 11.2 Å². The fraction of sp³-hybridized carbons (Fsp3) is 0.167. The predicted octanol–water partition coefficient (Wildman–Crippen LogP) is 3.97. The van der Waals surface area contributed by atoms with Crippen LogP contribution in [0.1, 0.15) is 35.3 Å². The Morgan fingerprint density at radius 1 is 1.30 bits per heavy atom. The van der Waals surface area contributed by atoms with Crippen LogP contribution < -0.4 is 5.32 Å². The molecule has 1 N–H and O–H groups in total. The lowest BCUT2D eigenvalue weighted by atomic mass is 10.0. The fourth-order valence-electron chi connectivity index (χ4n) is 2.27. The Hall–Kier alpha value is -3.13. The third kappa shape index (κ3) is 3.95. The zero-order valence-corrected chi connectivity index (χ0v) is 12.7. The van der Waals surface area contributed by atoms with Gasteiger partial charge in [0, 0.05) is 18.1 Å². The zero-order chi connectivity index (χ0) is 16.8. The highest BCUT2D eigenvalue weighted by Crippen LogP contribution is 2.30. The van der Waals surface area contributed by atoms with Crippen molar-refractivity contribution < 1.29 is 9.72 Å². The first-order valence-electron chi connectivity index (χ1n) is 7.07. The summed E-state index contributed by atoms with van der Waals surface area (Å²) in [5.74, 6) is 2.36. The molecule has 2 rings (SSSR count). The van der Waals surface area contributed by atoms with Crippen molar-refractivity contribution in [2.75, 3.05) is 5.32 Å². The Kier molecular flexibility index (Phi) is 5.11. The van der Waals surface area contributed by atoms with Crippen LogP contribution in [-0.4, -0.2) is 10.7 Å². The van der Waals surface area contributed by atoms with Gasteiger partial charge in [0.1, 0.15) is 5.69 Å². The number of nitro benzene ring substituents is 1. The highest BCUT2D eigenvalue weighted by Gasteiger charge is 2.19. The summed E-state index contributed by atoms with van der Waals surface area (Å²) in [5.41, 5.74) is 1.44. The summed E-state index contributed by atoms with van der Waals surface area (Å²) in [5, 5.41) is 14.4. The molecule has 5 heteroatoms. The number of hydrogen-bond donors (Lipinski definition) is 1. The first kappa shape index (κ1) is 16.2. The van der Waals surface area contributed by atoms with Crippen LogP contribution in [0.15, 0.2) is 48.5 Å². The molecular weight excluding hydrogens is 292 g/mol. The third-order valence-electron chi connectivity index (χ3n) is 3.45. The summed E-state index contributed by atoms with van der Waals surface area (Å²) >= 11 is 0. The largest absolute Gasteiger partial charge is 0.372 e. The number of benzene rings is 2. The summed E-state index contributed by atoms with van der Waals surface area (Å²) in [7, 11) is 0. The standard InChI is InChI=1S/C18H16N2O3/c1-3-7-16(14-8-5-4-6-9-14)19-17-11-10-15(13(2)21)12-18(17)20(22)23/h1,4-6,8-12,16,19H,7H2,2H3/t16-/m1/s1. The number of carbonyl (C=O) groups excluding carboxylic acids is 1. The van der Waals surface area contributed by atoms with Crippen LogP contribution in [0.25, 0.3) is 0 Å². The summed E-state index contributed by atoms with van der Waals surface area (Å²) in [6.07, 6.45) is 5.80. The van der Waals surface area contributed by atoms with Crippen molar-refractivity contribution >= 4 is 17.2 Å². The lowest BCUT2D eigenvalue weighted by Crippen LogP contribution is -2.12. The molecule has 116 valence electrons. The van der Waals surface area contributed by atoms with Crippen molar-refractivity contribution in [3.63, 3.8) is 0 Å². The number of nitrogens with one attached hydrogen (secondary N) is 1. The van der Waals surface area contributed by atoms with Gasteiger partial charge in [-0.2, -0.15) is 0 Å². The van der Waals surface area contributed by atoms with Gasteiger partial charge in [0.2, 0.25) is 0 Å². The molecule has 0 radical (unpaired) electrons. The minimum atomic E-state index is -0.507. The fourth-order valence-corrected chi connectivity index (χ4v) is 2.27. The van der Waals surface area contributed by atoms with Crippen molar-refractivity contribution in [2.24, 2.45) is 0 Å². The van der Waals surface area contributed by atoms with E-state index in [1.54, 1.807) is 12.1 Å². The van der Waals surface area contributed by atoms with Gasteiger partial charge in [0.05, 0.1) is 11.0 Å². The Morgan fingerprint density at radius 2 is 2.00 bits per heavy atom. The number of carbonyl (C=O) groups is 1. The van der Waals surface area contributed by atoms with Gasteiger partial charge in [-0.15, -0.1) is 12.3 Å². The average molecular weight is 308 g/mol. The van der Waals surface area contributed by atoms with Gasteiger partial charge >= 0.3 is 0 Å². The highest BCUT2D eigenvalue weighted by atomic mass is 16.6. The molecule has 0 aliphatic carbocycles. The van der Waals surface area contributed by atoms with E-state index in [9.17, 15) is 14.9 Å². The van der Waals surface area contributed by atoms with E-state index in [-0.39, 0.29) is 17.5 Å². The van der Waals surface area contributed by atoms with Crippen molar-refractivity contribution in [3.8, 4) is 12.3 Å². The Balaban J connectivity index is 2.38. The van der Waals surface area contributed by atoms with E-state index in [4.69, 9.17) is 6.42 Å². The molecule has 0 saturated heterocycles. The van der Waals surface area contributed by atoms with Crippen LogP contribution in [-0.2, 0) is 0 Å². The van der Waals surface area contributed by atoms with E-state index >= 15 is 0 Å². The van der Waals surface area contributed by atoms with Gasteiger partial charge in [-0.05, 0) is 24.6 Å². The molecule has 0 aromatic heterocycles. The van der Waals surface area contributed by atoms with Crippen LogP contribution in [0.5, 0.6) is 0 Å². The molecule has 0 unspecified atom stereocenters. The topological polar surface area (TPSA) is 72.2 Å². The van der Waals surface area contributed by atoms with Crippen molar-refractivity contribution in [3.05, 3.63) is 69.8 Å². The maximum absolute atomic E-state index is 11.4.